The monoisotopic (exact) mass is 207 g/mol. The fourth-order valence-corrected chi connectivity index (χ4v) is 1.12. The van der Waals surface area contributed by atoms with Crippen molar-refractivity contribution in [1.29, 1.82) is 0 Å². The van der Waals surface area contributed by atoms with Gasteiger partial charge in [-0.05, 0) is 30.7 Å². The maximum atomic E-state index is 10.9. The minimum atomic E-state index is -0.186. The largest absolute Gasteiger partial charge is 0.484 e. The van der Waals surface area contributed by atoms with Crippen molar-refractivity contribution in [2.24, 2.45) is 0 Å². The van der Waals surface area contributed by atoms with Gasteiger partial charge in [0.1, 0.15) is 12.0 Å². The predicted molar refractivity (Wildman–Crippen MR) is 56.1 cm³/mol. The van der Waals surface area contributed by atoms with Crippen LogP contribution < -0.4 is 10.1 Å². The molecule has 0 aliphatic heterocycles. The number of benzene rings is 1. The molecular weight excluding hydrogens is 194 g/mol. The van der Waals surface area contributed by atoms with Crippen LogP contribution in [0.5, 0.6) is 5.75 Å². The van der Waals surface area contributed by atoms with Crippen LogP contribution >= 0.6 is 0 Å². The fraction of sp³-hybridized carbons (Fsp3) is 0.273. The van der Waals surface area contributed by atoms with Crippen LogP contribution in [0, 0.1) is 6.92 Å². The molecule has 0 atom stereocenters. The van der Waals surface area contributed by atoms with Crippen LogP contribution in [0.3, 0.4) is 0 Å². The number of carbonyl (C=O) groups excluding carboxylic acids is 2. The van der Waals surface area contributed by atoms with Crippen molar-refractivity contribution in [2.45, 2.75) is 6.92 Å². The van der Waals surface area contributed by atoms with Gasteiger partial charge in [0.2, 0.25) is 0 Å². The van der Waals surface area contributed by atoms with E-state index in [2.05, 4.69) is 5.32 Å². The van der Waals surface area contributed by atoms with Gasteiger partial charge in [0, 0.05) is 12.6 Å². The Balaban J connectivity index is 2.70. The molecule has 1 aromatic rings. The lowest BCUT2D eigenvalue weighted by atomic mass is 10.1. The Morgan fingerprint density at radius 3 is 2.80 bits per heavy atom. The van der Waals surface area contributed by atoms with Crippen molar-refractivity contribution in [3.05, 3.63) is 29.3 Å². The van der Waals surface area contributed by atoms with E-state index in [1.54, 1.807) is 25.2 Å². The van der Waals surface area contributed by atoms with Gasteiger partial charge in [0.25, 0.3) is 5.91 Å². The summed E-state index contributed by atoms with van der Waals surface area (Å²) in [7, 11) is 1.55. The van der Waals surface area contributed by atoms with Crippen molar-refractivity contribution >= 4 is 12.2 Å². The van der Waals surface area contributed by atoms with Crippen LogP contribution in [0.1, 0.15) is 15.9 Å². The van der Waals surface area contributed by atoms with Gasteiger partial charge < -0.3 is 10.1 Å². The van der Waals surface area contributed by atoms with Crippen LogP contribution in [0.2, 0.25) is 0 Å². The summed E-state index contributed by atoms with van der Waals surface area (Å²) in [5.41, 5.74) is 1.43. The smallest absolute Gasteiger partial charge is 0.257 e. The van der Waals surface area contributed by atoms with Gasteiger partial charge in [-0.15, -0.1) is 0 Å². The molecule has 0 aliphatic rings. The van der Waals surface area contributed by atoms with Crippen LogP contribution in [-0.4, -0.2) is 25.8 Å². The SMILES string of the molecule is CNC(=O)COc1ccc(C=O)cc1C. The number of ether oxygens (including phenoxy) is 1. The van der Waals surface area contributed by atoms with E-state index >= 15 is 0 Å². The van der Waals surface area contributed by atoms with Gasteiger partial charge in [-0.3, -0.25) is 9.59 Å². The number of amides is 1. The number of rotatable bonds is 4. The lowest BCUT2D eigenvalue weighted by Crippen LogP contribution is -2.25. The molecule has 0 aliphatic carbocycles. The highest BCUT2D eigenvalue weighted by Gasteiger charge is 2.03. The Bertz CT molecular complexity index is 374. The second-order valence-corrected chi connectivity index (χ2v) is 3.10. The van der Waals surface area contributed by atoms with E-state index < -0.39 is 0 Å². The highest BCUT2D eigenvalue weighted by molar-refractivity contribution is 5.77. The van der Waals surface area contributed by atoms with E-state index in [9.17, 15) is 9.59 Å². The molecular formula is C11H13NO3. The van der Waals surface area contributed by atoms with Gasteiger partial charge in [-0.2, -0.15) is 0 Å². The third-order valence-corrected chi connectivity index (χ3v) is 1.97. The second-order valence-electron chi connectivity index (χ2n) is 3.10. The van der Waals surface area contributed by atoms with E-state index in [1.807, 2.05) is 6.92 Å². The molecule has 1 rings (SSSR count). The lowest BCUT2D eigenvalue weighted by Gasteiger charge is -2.08. The number of aldehydes is 1. The molecule has 1 amide bonds. The first-order valence-electron chi connectivity index (χ1n) is 4.56. The third kappa shape index (κ3) is 3.09. The Morgan fingerprint density at radius 2 is 2.27 bits per heavy atom. The highest BCUT2D eigenvalue weighted by atomic mass is 16.5. The summed E-state index contributed by atoms with van der Waals surface area (Å²) in [4.78, 5) is 21.4. The first-order chi connectivity index (χ1) is 7.17. The molecule has 4 nitrogen and oxygen atoms in total. The van der Waals surface area contributed by atoms with Gasteiger partial charge in [0.15, 0.2) is 6.61 Å². The summed E-state index contributed by atoms with van der Waals surface area (Å²) >= 11 is 0. The molecule has 0 aromatic heterocycles. The maximum Gasteiger partial charge on any atom is 0.257 e. The number of carbonyl (C=O) groups is 2. The summed E-state index contributed by atoms with van der Waals surface area (Å²) in [6.07, 6.45) is 0.773. The second kappa shape index (κ2) is 5.14. The minimum absolute atomic E-state index is 0.0161. The van der Waals surface area contributed by atoms with E-state index in [4.69, 9.17) is 4.74 Å². The fourth-order valence-electron chi connectivity index (χ4n) is 1.12. The zero-order chi connectivity index (χ0) is 11.3. The van der Waals surface area contributed by atoms with Crippen molar-refractivity contribution < 1.29 is 14.3 Å². The predicted octanol–water partition coefficient (Wildman–Crippen LogP) is 0.932. The molecule has 0 bridgehead atoms. The van der Waals surface area contributed by atoms with Gasteiger partial charge in [0.05, 0.1) is 0 Å². The van der Waals surface area contributed by atoms with Crippen molar-refractivity contribution in [3.8, 4) is 5.75 Å². The lowest BCUT2D eigenvalue weighted by molar-refractivity contribution is -0.122. The van der Waals surface area contributed by atoms with Crippen molar-refractivity contribution in [3.63, 3.8) is 0 Å². The molecule has 1 aromatic carbocycles. The van der Waals surface area contributed by atoms with Crippen molar-refractivity contribution in [1.82, 2.24) is 5.32 Å². The Morgan fingerprint density at radius 1 is 1.53 bits per heavy atom. The first kappa shape index (κ1) is 11.2. The van der Waals surface area contributed by atoms with Crippen LogP contribution in [-0.2, 0) is 4.79 Å². The Hall–Kier alpha value is -1.84. The molecule has 0 unspecified atom stereocenters. The molecule has 0 heterocycles. The van der Waals surface area contributed by atoms with Gasteiger partial charge >= 0.3 is 0 Å². The number of hydrogen-bond donors (Lipinski definition) is 1. The third-order valence-electron chi connectivity index (χ3n) is 1.97. The Labute approximate surface area is 88.2 Å². The van der Waals surface area contributed by atoms with E-state index in [1.165, 1.54) is 0 Å². The van der Waals surface area contributed by atoms with E-state index in [0.29, 0.717) is 11.3 Å². The summed E-state index contributed by atoms with van der Waals surface area (Å²) in [5, 5.41) is 2.46. The molecule has 0 spiro atoms. The van der Waals surface area contributed by atoms with Crippen LogP contribution in [0.15, 0.2) is 18.2 Å². The molecule has 0 fully saturated rings. The summed E-state index contributed by atoms with van der Waals surface area (Å²) in [6.45, 7) is 1.81. The minimum Gasteiger partial charge on any atom is -0.484 e. The summed E-state index contributed by atoms with van der Waals surface area (Å²) in [6, 6.07) is 5.05. The highest BCUT2D eigenvalue weighted by Crippen LogP contribution is 2.18. The normalized spacial score (nSPS) is 9.47. The molecule has 1 N–H and O–H groups in total. The summed E-state index contributed by atoms with van der Waals surface area (Å²) < 4.78 is 5.26. The van der Waals surface area contributed by atoms with Gasteiger partial charge in [-0.25, -0.2) is 0 Å². The molecule has 0 radical (unpaired) electrons. The number of aryl methyl sites for hydroxylation is 1. The van der Waals surface area contributed by atoms with Crippen LogP contribution in [0.25, 0.3) is 0 Å². The van der Waals surface area contributed by atoms with E-state index in [0.717, 1.165) is 11.8 Å². The van der Waals surface area contributed by atoms with Gasteiger partial charge in [-0.1, -0.05) is 0 Å². The average Bonchev–Trinajstić information content (AvgIpc) is 2.26. The zero-order valence-electron chi connectivity index (χ0n) is 8.74. The van der Waals surface area contributed by atoms with Crippen molar-refractivity contribution in [2.75, 3.05) is 13.7 Å². The van der Waals surface area contributed by atoms with E-state index in [-0.39, 0.29) is 12.5 Å². The summed E-state index contributed by atoms with van der Waals surface area (Å²) in [5.74, 6) is 0.429. The topological polar surface area (TPSA) is 55.4 Å². The first-order valence-corrected chi connectivity index (χ1v) is 4.56. The number of hydrogen-bond acceptors (Lipinski definition) is 3. The molecule has 0 saturated heterocycles. The number of nitrogens with one attached hydrogen (secondary N) is 1. The molecule has 80 valence electrons. The zero-order valence-corrected chi connectivity index (χ0v) is 8.74. The maximum absolute atomic E-state index is 10.9. The quantitative estimate of drug-likeness (QED) is 0.747. The molecule has 0 saturated carbocycles. The average molecular weight is 207 g/mol. The van der Waals surface area contributed by atoms with Crippen LogP contribution in [0.4, 0.5) is 0 Å². The molecule has 4 heteroatoms. The number of likely N-dealkylation sites (N-methyl/N-ethyl adjacent to an activating group) is 1. The molecule has 15 heavy (non-hydrogen) atoms. The Kier molecular flexibility index (Phi) is 3.85. The standard InChI is InChI=1S/C11H13NO3/c1-8-5-9(6-13)3-4-10(8)15-7-11(14)12-2/h3-6H,7H2,1-2H3,(H,12,14).